The van der Waals surface area contributed by atoms with Gasteiger partial charge in [0.25, 0.3) is 0 Å². The monoisotopic (exact) mass is 410 g/mol. The van der Waals surface area contributed by atoms with Crippen molar-refractivity contribution in [2.75, 3.05) is 25.0 Å². The maximum atomic E-state index is 13.4. The third-order valence-corrected chi connectivity index (χ3v) is 7.49. The van der Waals surface area contributed by atoms with Crippen molar-refractivity contribution in [1.82, 2.24) is 14.9 Å². The van der Waals surface area contributed by atoms with Crippen molar-refractivity contribution in [3.05, 3.63) is 52.4 Å². The molecule has 2 aromatic heterocycles. The summed E-state index contributed by atoms with van der Waals surface area (Å²) in [4.78, 5) is 14.3. The summed E-state index contributed by atoms with van der Waals surface area (Å²) >= 11 is 1.86. The summed E-state index contributed by atoms with van der Waals surface area (Å²) in [6, 6.07) is 7.43. The first-order valence-corrected chi connectivity index (χ1v) is 11.6. The maximum absolute atomic E-state index is 13.4. The average Bonchev–Trinajstić information content (AvgIpc) is 3.13. The number of rotatable bonds is 5. The molecule has 0 bridgehead atoms. The first kappa shape index (κ1) is 18.9. The number of anilines is 1. The molecule has 1 aliphatic carbocycles. The molecule has 5 rings (SSSR count). The van der Waals surface area contributed by atoms with Crippen molar-refractivity contribution in [3.8, 4) is 0 Å². The topological polar surface area (TPSA) is 41.0 Å². The molecule has 152 valence electrons. The number of fused-ring (bicyclic) bond motifs is 3. The van der Waals surface area contributed by atoms with Crippen molar-refractivity contribution < 1.29 is 4.39 Å². The van der Waals surface area contributed by atoms with Crippen LogP contribution in [0.5, 0.6) is 0 Å². The van der Waals surface area contributed by atoms with Gasteiger partial charge in [-0.05, 0) is 68.2 Å². The minimum absolute atomic E-state index is 0.141. The molecule has 0 atom stereocenters. The molecule has 0 radical (unpaired) electrons. The Kier molecular flexibility index (Phi) is 5.46. The van der Waals surface area contributed by atoms with Crippen LogP contribution in [0.15, 0.2) is 30.6 Å². The number of hydrogen-bond acceptors (Lipinski definition) is 5. The largest absolute Gasteiger partial charge is 0.367 e. The number of nitrogens with zero attached hydrogens (tertiary/aromatic N) is 3. The Bertz CT molecular complexity index is 994. The lowest BCUT2D eigenvalue weighted by Crippen LogP contribution is -2.40. The highest BCUT2D eigenvalue weighted by Crippen LogP contribution is 2.38. The van der Waals surface area contributed by atoms with Crippen LogP contribution in [0.2, 0.25) is 0 Å². The predicted molar refractivity (Wildman–Crippen MR) is 117 cm³/mol. The first-order valence-electron chi connectivity index (χ1n) is 10.7. The van der Waals surface area contributed by atoms with Crippen LogP contribution >= 0.6 is 11.3 Å². The van der Waals surface area contributed by atoms with Crippen LogP contribution in [0.1, 0.15) is 41.7 Å². The molecule has 1 aliphatic heterocycles. The van der Waals surface area contributed by atoms with E-state index in [1.54, 1.807) is 18.5 Å². The third kappa shape index (κ3) is 4.14. The minimum Gasteiger partial charge on any atom is -0.367 e. The maximum Gasteiger partial charge on any atom is 0.138 e. The summed E-state index contributed by atoms with van der Waals surface area (Å²) in [6.07, 6.45) is 9.77. The van der Waals surface area contributed by atoms with E-state index in [1.807, 2.05) is 17.4 Å². The summed E-state index contributed by atoms with van der Waals surface area (Å²) in [5, 5.41) is 5.02. The zero-order valence-corrected chi connectivity index (χ0v) is 17.5. The van der Waals surface area contributed by atoms with E-state index in [1.165, 1.54) is 41.2 Å². The fraction of sp³-hybridized carbons (Fsp3) is 0.478. The molecule has 3 aromatic rings. The Balaban J connectivity index is 1.20. The number of aryl methyl sites for hydroxylation is 2. The van der Waals surface area contributed by atoms with Gasteiger partial charge in [-0.2, -0.15) is 0 Å². The van der Waals surface area contributed by atoms with Crippen molar-refractivity contribution >= 4 is 27.4 Å². The second-order valence-electron chi connectivity index (χ2n) is 8.25. The van der Waals surface area contributed by atoms with Gasteiger partial charge in [0.15, 0.2) is 0 Å². The van der Waals surface area contributed by atoms with E-state index in [4.69, 9.17) is 0 Å². The van der Waals surface area contributed by atoms with Gasteiger partial charge in [-0.1, -0.05) is 12.1 Å². The van der Waals surface area contributed by atoms with E-state index in [0.717, 1.165) is 61.5 Å². The summed E-state index contributed by atoms with van der Waals surface area (Å²) < 4.78 is 13.4. The molecule has 1 aromatic carbocycles. The highest BCUT2D eigenvalue weighted by Gasteiger charge is 2.23. The van der Waals surface area contributed by atoms with Crippen LogP contribution in [0.3, 0.4) is 0 Å². The quantitative estimate of drug-likeness (QED) is 0.654. The van der Waals surface area contributed by atoms with Crippen LogP contribution in [-0.2, 0) is 19.3 Å². The van der Waals surface area contributed by atoms with E-state index in [0.29, 0.717) is 6.04 Å². The summed E-state index contributed by atoms with van der Waals surface area (Å²) in [5.74, 6) is 0.893. The lowest BCUT2D eigenvalue weighted by atomic mass is 9.96. The molecular formula is C23H27FN4S. The second kappa shape index (κ2) is 8.36. The zero-order chi connectivity index (χ0) is 19.6. The van der Waals surface area contributed by atoms with Crippen LogP contribution in [-0.4, -0.2) is 40.5 Å². The van der Waals surface area contributed by atoms with E-state index in [-0.39, 0.29) is 5.82 Å². The number of thiophene rings is 1. The Morgan fingerprint density at radius 2 is 2.00 bits per heavy atom. The molecule has 3 heterocycles. The van der Waals surface area contributed by atoms with E-state index in [9.17, 15) is 4.39 Å². The van der Waals surface area contributed by atoms with Gasteiger partial charge in [0, 0.05) is 30.6 Å². The molecule has 1 fully saturated rings. The van der Waals surface area contributed by atoms with Crippen molar-refractivity contribution in [3.63, 3.8) is 0 Å². The first-order chi connectivity index (χ1) is 14.3. The number of aromatic nitrogens is 2. The van der Waals surface area contributed by atoms with Gasteiger partial charge in [-0.3, -0.25) is 0 Å². The predicted octanol–water partition coefficient (Wildman–Crippen LogP) is 4.83. The van der Waals surface area contributed by atoms with Gasteiger partial charge in [-0.25, -0.2) is 14.4 Å². The van der Waals surface area contributed by atoms with Gasteiger partial charge in [0.2, 0.25) is 0 Å². The molecule has 0 saturated carbocycles. The lowest BCUT2D eigenvalue weighted by molar-refractivity contribution is 0.221. The van der Waals surface area contributed by atoms with Crippen LogP contribution in [0.25, 0.3) is 10.2 Å². The Morgan fingerprint density at radius 1 is 1.14 bits per heavy atom. The number of halogens is 1. The van der Waals surface area contributed by atoms with E-state index >= 15 is 0 Å². The van der Waals surface area contributed by atoms with Gasteiger partial charge in [0.1, 0.15) is 22.8 Å². The second-order valence-corrected chi connectivity index (χ2v) is 9.34. The Morgan fingerprint density at radius 3 is 2.86 bits per heavy atom. The van der Waals surface area contributed by atoms with Gasteiger partial charge < -0.3 is 10.2 Å². The lowest BCUT2D eigenvalue weighted by Gasteiger charge is -2.32. The van der Waals surface area contributed by atoms with Crippen LogP contribution in [0.4, 0.5) is 10.2 Å². The summed E-state index contributed by atoms with van der Waals surface area (Å²) in [7, 11) is 0. The number of benzene rings is 1. The number of nitrogens with one attached hydrogen (secondary N) is 1. The van der Waals surface area contributed by atoms with Gasteiger partial charge >= 0.3 is 0 Å². The SMILES string of the molecule is Fc1cccc(CCN2CCC(Nc3ncnc4sc5c(c34)CCCC5)CC2)c1. The summed E-state index contributed by atoms with van der Waals surface area (Å²) in [5.41, 5.74) is 2.57. The van der Waals surface area contributed by atoms with Gasteiger partial charge in [0.05, 0.1) is 5.39 Å². The molecule has 0 unspecified atom stereocenters. The molecule has 29 heavy (non-hydrogen) atoms. The number of likely N-dealkylation sites (tertiary alicyclic amines) is 1. The van der Waals surface area contributed by atoms with Crippen LogP contribution in [0, 0.1) is 5.82 Å². The molecular weight excluding hydrogens is 383 g/mol. The van der Waals surface area contributed by atoms with E-state index in [2.05, 4.69) is 20.2 Å². The fourth-order valence-electron chi connectivity index (χ4n) is 4.67. The number of piperidine rings is 1. The fourth-order valence-corrected chi connectivity index (χ4v) is 5.90. The molecule has 0 spiro atoms. The van der Waals surface area contributed by atoms with E-state index < -0.39 is 0 Å². The highest BCUT2D eigenvalue weighted by atomic mass is 32.1. The highest BCUT2D eigenvalue weighted by molar-refractivity contribution is 7.19. The minimum atomic E-state index is -0.141. The standard InChI is InChI=1S/C23H27FN4S/c24-17-5-3-4-16(14-17)8-11-28-12-9-18(10-13-28)27-22-21-19-6-1-2-7-20(19)29-23(21)26-15-25-22/h3-5,14-15,18H,1-2,6-13H2,(H,25,26,27). The smallest absolute Gasteiger partial charge is 0.138 e. The molecule has 4 nitrogen and oxygen atoms in total. The van der Waals surface area contributed by atoms with Crippen molar-refractivity contribution in [1.29, 1.82) is 0 Å². The van der Waals surface area contributed by atoms with Crippen molar-refractivity contribution in [2.45, 2.75) is 51.0 Å². The third-order valence-electron chi connectivity index (χ3n) is 6.29. The Hall–Kier alpha value is -2.05. The summed E-state index contributed by atoms with van der Waals surface area (Å²) in [6.45, 7) is 3.14. The molecule has 1 N–H and O–H groups in total. The van der Waals surface area contributed by atoms with Gasteiger partial charge in [-0.15, -0.1) is 11.3 Å². The Labute approximate surface area is 175 Å². The normalized spacial score (nSPS) is 18.1. The van der Waals surface area contributed by atoms with Crippen molar-refractivity contribution in [2.24, 2.45) is 0 Å². The number of hydrogen-bond donors (Lipinski definition) is 1. The molecule has 1 saturated heterocycles. The molecule has 2 aliphatic rings. The molecule has 6 heteroatoms. The molecule has 0 amide bonds. The average molecular weight is 411 g/mol. The van der Waals surface area contributed by atoms with Crippen LogP contribution < -0.4 is 5.32 Å². The zero-order valence-electron chi connectivity index (χ0n) is 16.7.